The molecule has 1 fully saturated rings. The highest BCUT2D eigenvalue weighted by atomic mass is 35.5. The molecular weight excluding hydrogens is 634 g/mol. The first-order valence-electron chi connectivity index (χ1n) is 16.7. The molecule has 3 aromatic rings. The van der Waals surface area contributed by atoms with Crippen LogP contribution in [0.3, 0.4) is 0 Å². The highest BCUT2D eigenvalue weighted by Crippen LogP contribution is 2.44. The zero-order valence-corrected chi connectivity index (χ0v) is 30.0. The fourth-order valence-electron chi connectivity index (χ4n) is 7.11. The van der Waals surface area contributed by atoms with Gasteiger partial charge in [-0.3, -0.25) is 4.79 Å². The molecule has 254 valence electrons. The summed E-state index contributed by atoms with van der Waals surface area (Å²) >= 11 is 6.29. The third-order valence-electron chi connectivity index (χ3n) is 9.74. The van der Waals surface area contributed by atoms with E-state index in [-0.39, 0.29) is 30.5 Å². The van der Waals surface area contributed by atoms with Gasteiger partial charge in [0.2, 0.25) is 15.9 Å². The van der Waals surface area contributed by atoms with Gasteiger partial charge in [0.1, 0.15) is 0 Å². The van der Waals surface area contributed by atoms with Gasteiger partial charge in [-0.1, -0.05) is 37.6 Å². The van der Waals surface area contributed by atoms with E-state index in [0.29, 0.717) is 29.0 Å². The Morgan fingerprint density at radius 2 is 1.64 bits per heavy atom. The molecule has 0 N–H and O–H groups in total. The van der Waals surface area contributed by atoms with Crippen LogP contribution in [-0.4, -0.2) is 64.3 Å². The molecule has 1 amide bonds. The minimum absolute atomic E-state index is 0.00294. The van der Waals surface area contributed by atoms with Gasteiger partial charge in [0, 0.05) is 42.6 Å². The van der Waals surface area contributed by atoms with Crippen molar-refractivity contribution in [2.75, 3.05) is 43.3 Å². The molecule has 2 aliphatic rings. The summed E-state index contributed by atoms with van der Waals surface area (Å²) in [5.74, 6) is 1.79. The van der Waals surface area contributed by atoms with Crippen LogP contribution >= 0.6 is 11.6 Å². The lowest BCUT2D eigenvalue weighted by molar-refractivity contribution is -0.118. The smallest absolute Gasteiger partial charge is 0.232 e. The maximum atomic E-state index is 13.9. The molecule has 3 aromatic carbocycles. The van der Waals surface area contributed by atoms with E-state index < -0.39 is 10.0 Å². The molecule has 1 heterocycles. The molecule has 0 aromatic heterocycles. The van der Waals surface area contributed by atoms with Crippen molar-refractivity contribution in [3.8, 4) is 11.5 Å². The van der Waals surface area contributed by atoms with Crippen molar-refractivity contribution in [3.05, 3.63) is 82.4 Å². The second-order valence-corrected chi connectivity index (χ2v) is 15.3. The van der Waals surface area contributed by atoms with Crippen LogP contribution in [0.25, 0.3) is 0 Å². The second kappa shape index (κ2) is 14.9. The van der Waals surface area contributed by atoms with E-state index in [4.69, 9.17) is 21.1 Å². The first-order valence-corrected chi connectivity index (χ1v) is 18.9. The molecule has 47 heavy (non-hydrogen) atoms. The lowest BCUT2D eigenvalue weighted by Crippen LogP contribution is -2.42. The highest BCUT2D eigenvalue weighted by Gasteiger charge is 2.36. The highest BCUT2D eigenvalue weighted by molar-refractivity contribution is 7.88. The van der Waals surface area contributed by atoms with Crippen LogP contribution in [-0.2, 0) is 21.2 Å². The number of nitrogens with zero attached hydrogens (tertiary/aromatic N) is 3. The third kappa shape index (κ3) is 7.90. The largest absolute Gasteiger partial charge is 0.493 e. The van der Waals surface area contributed by atoms with Gasteiger partial charge in [0.15, 0.2) is 11.5 Å². The number of hydrogen-bond donors (Lipinski definition) is 0. The number of sulfonamides is 1. The van der Waals surface area contributed by atoms with Crippen LogP contribution in [0.1, 0.15) is 75.6 Å². The Kier molecular flexibility index (Phi) is 11.1. The van der Waals surface area contributed by atoms with Gasteiger partial charge in [0.25, 0.3) is 0 Å². The molecule has 1 aliphatic carbocycles. The first kappa shape index (κ1) is 35.0. The molecule has 1 saturated carbocycles. The average molecular weight is 682 g/mol. The number of benzene rings is 3. The quantitative estimate of drug-likeness (QED) is 0.197. The molecule has 1 aliphatic heterocycles. The summed E-state index contributed by atoms with van der Waals surface area (Å²) in [4.78, 5) is 18.1. The number of halogens is 1. The number of rotatable bonds is 12. The molecule has 5 rings (SSSR count). The van der Waals surface area contributed by atoms with Gasteiger partial charge < -0.3 is 19.3 Å². The van der Waals surface area contributed by atoms with E-state index >= 15 is 0 Å². The lowest BCUT2D eigenvalue weighted by Gasteiger charge is -2.38. The molecule has 8 nitrogen and oxygen atoms in total. The molecular formula is C37H48ClN3O5S. The van der Waals surface area contributed by atoms with Crippen molar-refractivity contribution in [2.45, 2.75) is 77.5 Å². The van der Waals surface area contributed by atoms with Crippen LogP contribution < -0.4 is 19.3 Å². The Morgan fingerprint density at radius 3 is 2.21 bits per heavy atom. The van der Waals surface area contributed by atoms with Gasteiger partial charge in [-0.25, -0.2) is 8.42 Å². The van der Waals surface area contributed by atoms with E-state index in [9.17, 15) is 13.2 Å². The molecule has 0 saturated heterocycles. The van der Waals surface area contributed by atoms with Crippen molar-refractivity contribution < 1.29 is 22.7 Å². The molecule has 2 atom stereocenters. The lowest BCUT2D eigenvalue weighted by atomic mass is 9.85. The van der Waals surface area contributed by atoms with E-state index in [1.165, 1.54) is 6.26 Å². The standard InChI is InChI=1S/C37H48ClN3O5S/c1-7-25(3)46-35-23-33-28(21-34(35)45-5)22-36(42)41(37(33)27-11-13-29(38)14-12-27)32-19-17-30(18-20-32)39(4)24-26-9-15-31(16-10-26)40(8-2)47(6,43)44/h11-14,17-21,23,25-26,31,37H,7-10,15-16,22,24H2,1-6H3/t25-,26-,31-,37?/m1/s1. The first-order chi connectivity index (χ1) is 22.4. The van der Waals surface area contributed by atoms with Crippen LogP contribution in [0.15, 0.2) is 60.7 Å². The topological polar surface area (TPSA) is 79.4 Å². The van der Waals surface area contributed by atoms with Gasteiger partial charge in [0.05, 0.1) is 31.9 Å². The summed E-state index contributed by atoms with van der Waals surface area (Å²) in [5, 5.41) is 0.636. The Labute approximate surface area is 285 Å². The zero-order valence-electron chi connectivity index (χ0n) is 28.4. The van der Waals surface area contributed by atoms with Gasteiger partial charge in [-0.05, 0) is 110 Å². The normalized spacial score (nSPS) is 20.6. The number of anilines is 2. The predicted molar refractivity (Wildman–Crippen MR) is 191 cm³/mol. The van der Waals surface area contributed by atoms with Gasteiger partial charge in [-0.2, -0.15) is 4.31 Å². The minimum atomic E-state index is -3.19. The maximum absolute atomic E-state index is 13.9. The molecule has 10 heteroatoms. The summed E-state index contributed by atoms with van der Waals surface area (Å²) in [6, 6.07) is 19.6. The Hall–Kier alpha value is -3.27. The van der Waals surface area contributed by atoms with E-state index in [1.807, 2.05) is 67.3 Å². The molecule has 0 radical (unpaired) electrons. The number of ether oxygens (including phenoxy) is 2. The monoisotopic (exact) mass is 681 g/mol. The number of carbonyl (C=O) groups is 1. The SMILES string of the molecule is CC[C@@H](C)Oc1cc2c(cc1OC)CC(=O)N(c1ccc(N(C)C[C@H]3CC[C@H](N(CC)S(C)(=O)=O)CC3)cc1)C2c1ccc(Cl)cc1. The number of hydrogen-bond acceptors (Lipinski definition) is 6. The third-order valence-corrected chi connectivity index (χ3v) is 11.4. The average Bonchev–Trinajstić information content (AvgIpc) is 3.05. The minimum Gasteiger partial charge on any atom is -0.493 e. The van der Waals surface area contributed by atoms with Crippen LogP contribution in [0.2, 0.25) is 5.02 Å². The summed E-state index contributed by atoms with van der Waals surface area (Å²) in [5.41, 5.74) is 4.77. The molecule has 0 spiro atoms. The second-order valence-electron chi connectivity index (χ2n) is 13.0. The Morgan fingerprint density at radius 1 is 0.979 bits per heavy atom. The number of carbonyl (C=O) groups excluding carboxylic acids is 1. The summed E-state index contributed by atoms with van der Waals surface area (Å²) in [6.07, 6.45) is 6.19. The van der Waals surface area contributed by atoms with Crippen LogP contribution in [0.5, 0.6) is 11.5 Å². The van der Waals surface area contributed by atoms with Crippen molar-refractivity contribution >= 4 is 38.9 Å². The van der Waals surface area contributed by atoms with Crippen molar-refractivity contribution in [1.82, 2.24) is 4.31 Å². The fourth-order valence-corrected chi connectivity index (χ4v) is 8.46. The van der Waals surface area contributed by atoms with Crippen LogP contribution in [0.4, 0.5) is 11.4 Å². The number of amides is 1. The summed E-state index contributed by atoms with van der Waals surface area (Å²) in [7, 11) is 0.534. The molecule has 1 unspecified atom stereocenters. The predicted octanol–water partition coefficient (Wildman–Crippen LogP) is 7.48. The van der Waals surface area contributed by atoms with E-state index in [0.717, 1.165) is 66.7 Å². The van der Waals surface area contributed by atoms with Crippen molar-refractivity contribution in [3.63, 3.8) is 0 Å². The van der Waals surface area contributed by atoms with Gasteiger partial charge >= 0.3 is 0 Å². The van der Waals surface area contributed by atoms with Crippen molar-refractivity contribution in [1.29, 1.82) is 0 Å². The molecule has 0 bridgehead atoms. The Balaban J connectivity index is 1.39. The number of methoxy groups -OCH3 is 1. The summed E-state index contributed by atoms with van der Waals surface area (Å²) in [6.45, 7) is 7.44. The van der Waals surface area contributed by atoms with Gasteiger partial charge in [-0.15, -0.1) is 0 Å². The van der Waals surface area contributed by atoms with Crippen molar-refractivity contribution in [2.24, 2.45) is 5.92 Å². The number of fused-ring (bicyclic) bond motifs is 1. The Bertz CT molecular complexity index is 1640. The zero-order chi connectivity index (χ0) is 33.9. The summed E-state index contributed by atoms with van der Waals surface area (Å²) < 4.78 is 38.0. The fraction of sp³-hybridized carbons (Fsp3) is 0.486. The van der Waals surface area contributed by atoms with E-state index in [2.05, 4.69) is 31.0 Å². The van der Waals surface area contributed by atoms with E-state index in [1.54, 1.807) is 11.4 Å². The maximum Gasteiger partial charge on any atom is 0.232 e. The van der Waals surface area contributed by atoms with Crippen LogP contribution in [0, 0.1) is 5.92 Å².